The van der Waals surface area contributed by atoms with Gasteiger partial charge < -0.3 is 9.64 Å². The molecule has 1 aliphatic heterocycles. The van der Waals surface area contributed by atoms with Crippen molar-refractivity contribution in [2.45, 2.75) is 32.5 Å². The topological polar surface area (TPSA) is 90.2 Å². The number of hydrogen-bond acceptors (Lipinski definition) is 6. The van der Waals surface area contributed by atoms with Crippen molar-refractivity contribution in [1.29, 1.82) is 0 Å². The second-order valence-electron chi connectivity index (χ2n) is 9.56. The first-order valence-corrected chi connectivity index (χ1v) is 12.0. The summed E-state index contributed by atoms with van der Waals surface area (Å²) in [5, 5.41) is 8.89. The molecule has 0 N–H and O–H groups in total. The van der Waals surface area contributed by atoms with Crippen LogP contribution in [0.5, 0.6) is 0 Å². The first kappa shape index (κ1) is 23.2. The highest BCUT2D eigenvalue weighted by Gasteiger charge is 2.59. The highest BCUT2D eigenvalue weighted by Crippen LogP contribution is 2.51. The zero-order chi connectivity index (χ0) is 25.0. The molecule has 8 nitrogen and oxygen atoms in total. The van der Waals surface area contributed by atoms with Gasteiger partial charge in [-0.1, -0.05) is 51.5 Å². The largest absolute Gasteiger partial charge is 0.452 e. The average Bonchev–Trinajstić information content (AvgIpc) is 3.36. The lowest BCUT2D eigenvalue weighted by Crippen LogP contribution is -2.53. The molecule has 0 bridgehead atoms. The highest BCUT2D eigenvalue weighted by atomic mass is 79.9. The summed E-state index contributed by atoms with van der Waals surface area (Å²) >= 11 is 3.64. The number of rotatable bonds is 4. The molecule has 0 spiro atoms. The molecule has 0 saturated carbocycles. The number of halogens is 1. The molecule has 2 atom stereocenters. The van der Waals surface area contributed by atoms with Crippen molar-refractivity contribution >= 4 is 38.8 Å². The van der Waals surface area contributed by atoms with Gasteiger partial charge in [-0.3, -0.25) is 14.6 Å². The third-order valence-corrected chi connectivity index (χ3v) is 7.05. The Morgan fingerprint density at radius 1 is 1.09 bits per heavy atom. The fourth-order valence-corrected chi connectivity index (χ4v) is 5.02. The number of hydrogen-bond donors (Lipinski definition) is 0. The van der Waals surface area contributed by atoms with Crippen molar-refractivity contribution in [3.8, 4) is 0 Å². The quantitative estimate of drug-likeness (QED) is 0.353. The predicted molar refractivity (Wildman–Crippen MR) is 133 cm³/mol. The van der Waals surface area contributed by atoms with Crippen LogP contribution in [0.2, 0.25) is 0 Å². The Bertz CT molecular complexity index is 1460. The molecule has 178 valence electrons. The lowest BCUT2D eigenvalue weighted by atomic mass is 9.88. The van der Waals surface area contributed by atoms with Gasteiger partial charge in [0.2, 0.25) is 5.66 Å². The van der Waals surface area contributed by atoms with Crippen LogP contribution in [-0.4, -0.2) is 43.8 Å². The van der Waals surface area contributed by atoms with E-state index in [1.54, 1.807) is 55.9 Å². The van der Waals surface area contributed by atoms with Gasteiger partial charge in [-0.05, 0) is 45.0 Å². The number of carbonyl (C=O) groups excluding carboxylic acids is 2. The minimum absolute atomic E-state index is 0.231. The molecule has 5 rings (SSSR count). The number of ether oxygens (including phenoxy) is 1. The molecule has 9 heteroatoms. The minimum Gasteiger partial charge on any atom is -0.452 e. The molecular weight excluding hydrogens is 510 g/mol. The van der Waals surface area contributed by atoms with Crippen LogP contribution in [0, 0.1) is 5.41 Å². The second kappa shape index (κ2) is 8.27. The molecule has 0 aliphatic carbocycles. The lowest BCUT2D eigenvalue weighted by Gasteiger charge is -2.43. The molecule has 35 heavy (non-hydrogen) atoms. The number of esters is 1. The van der Waals surface area contributed by atoms with Crippen molar-refractivity contribution in [1.82, 2.24) is 24.9 Å². The summed E-state index contributed by atoms with van der Waals surface area (Å²) in [6.07, 6.45) is 2.24. The Kier molecular flexibility index (Phi) is 5.47. The fourth-order valence-electron chi connectivity index (χ4n) is 4.53. The lowest BCUT2D eigenvalue weighted by molar-refractivity contribution is -0.170. The number of para-hydroxylation sites is 1. The Balaban J connectivity index is 1.90. The summed E-state index contributed by atoms with van der Waals surface area (Å²) in [6, 6.07) is 16.7. The maximum atomic E-state index is 13.6. The summed E-state index contributed by atoms with van der Waals surface area (Å²) in [6.45, 7) is 5.38. The van der Waals surface area contributed by atoms with Gasteiger partial charge in [0.1, 0.15) is 5.52 Å². The molecule has 0 saturated heterocycles. The van der Waals surface area contributed by atoms with E-state index >= 15 is 0 Å². The Morgan fingerprint density at radius 2 is 1.80 bits per heavy atom. The van der Waals surface area contributed by atoms with Gasteiger partial charge in [0, 0.05) is 35.0 Å². The molecule has 1 aliphatic rings. The summed E-state index contributed by atoms with van der Waals surface area (Å²) < 4.78 is 8.74. The van der Waals surface area contributed by atoms with Crippen molar-refractivity contribution in [3.63, 3.8) is 0 Å². The van der Waals surface area contributed by atoms with Crippen LogP contribution in [0.15, 0.2) is 71.5 Å². The fraction of sp³-hybridized carbons (Fsp3) is 0.269. The Labute approximate surface area is 211 Å². The van der Waals surface area contributed by atoms with Gasteiger partial charge in [0.15, 0.2) is 6.10 Å². The van der Waals surface area contributed by atoms with Gasteiger partial charge in [-0.25, -0.2) is 4.68 Å². The van der Waals surface area contributed by atoms with Gasteiger partial charge in [0.25, 0.3) is 5.91 Å². The number of pyridine rings is 1. The molecule has 0 radical (unpaired) electrons. The number of aromatic nitrogens is 4. The normalized spacial score (nSPS) is 18.5. The van der Waals surface area contributed by atoms with Crippen molar-refractivity contribution in [2.75, 3.05) is 7.05 Å². The van der Waals surface area contributed by atoms with Crippen molar-refractivity contribution in [3.05, 3.63) is 88.2 Å². The van der Waals surface area contributed by atoms with E-state index in [4.69, 9.17) is 4.74 Å². The summed E-state index contributed by atoms with van der Waals surface area (Å²) in [5.41, 5.74) is 0.884. The van der Waals surface area contributed by atoms with E-state index in [1.807, 2.05) is 48.5 Å². The number of carbonyl (C=O) groups is 2. The maximum absolute atomic E-state index is 13.6. The van der Waals surface area contributed by atoms with E-state index < -0.39 is 23.2 Å². The van der Waals surface area contributed by atoms with Crippen LogP contribution in [0.4, 0.5) is 0 Å². The monoisotopic (exact) mass is 533 g/mol. The zero-order valence-electron chi connectivity index (χ0n) is 19.8. The number of benzene rings is 2. The minimum atomic E-state index is -1.39. The summed E-state index contributed by atoms with van der Waals surface area (Å²) in [5.74, 6) is -0.647. The van der Waals surface area contributed by atoms with Gasteiger partial charge in [0.05, 0.1) is 16.5 Å². The number of likely N-dealkylation sites (N-methyl/N-ethyl adjacent to an activating group) is 1. The second-order valence-corrected chi connectivity index (χ2v) is 10.4. The summed E-state index contributed by atoms with van der Waals surface area (Å²) in [7, 11) is 1.69. The van der Waals surface area contributed by atoms with E-state index in [0.717, 1.165) is 4.47 Å². The number of nitrogens with zero attached hydrogens (tertiary/aromatic N) is 5. The number of amides is 1. The van der Waals surface area contributed by atoms with E-state index in [0.29, 0.717) is 27.7 Å². The van der Waals surface area contributed by atoms with Crippen LogP contribution in [-0.2, 0) is 15.2 Å². The molecule has 4 aromatic rings. The molecule has 0 fully saturated rings. The van der Waals surface area contributed by atoms with Crippen LogP contribution < -0.4 is 0 Å². The maximum Gasteiger partial charge on any atom is 0.312 e. The molecule has 2 aromatic carbocycles. The van der Waals surface area contributed by atoms with Crippen LogP contribution >= 0.6 is 15.9 Å². The number of fused-ring (bicyclic) bond motifs is 2. The van der Waals surface area contributed by atoms with E-state index in [-0.39, 0.29) is 5.91 Å². The smallest absolute Gasteiger partial charge is 0.312 e. The zero-order valence-corrected chi connectivity index (χ0v) is 21.4. The highest BCUT2D eigenvalue weighted by molar-refractivity contribution is 9.10. The molecular formula is C26H24BrN5O3. The van der Waals surface area contributed by atoms with Gasteiger partial charge in [-0.15, -0.1) is 5.10 Å². The van der Waals surface area contributed by atoms with Crippen molar-refractivity contribution in [2.24, 2.45) is 5.41 Å². The van der Waals surface area contributed by atoms with Gasteiger partial charge in [-0.2, -0.15) is 0 Å². The van der Waals surface area contributed by atoms with Crippen LogP contribution in [0.1, 0.15) is 48.4 Å². The van der Waals surface area contributed by atoms with E-state index in [2.05, 4.69) is 31.2 Å². The van der Waals surface area contributed by atoms with E-state index in [1.165, 1.54) is 0 Å². The van der Waals surface area contributed by atoms with Crippen LogP contribution in [0.25, 0.3) is 11.0 Å². The molecule has 1 amide bonds. The predicted octanol–water partition coefficient (Wildman–Crippen LogP) is 4.71. The third-order valence-electron chi connectivity index (χ3n) is 6.33. The van der Waals surface area contributed by atoms with Crippen LogP contribution in [0.3, 0.4) is 0 Å². The van der Waals surface area contributed by atoms with E-state index in [9.17, 15) is 9.59 Å². The average molecular weight is 534 g/mol. The summed E-state index contributed by atoms with van der Waals surface area (Å²) in [4.78, 5) is 32.9. The molecule has 2 unspecified atom stereocenters. The molecule has 3 heterocycles. The van der Waals surface area contributed by atoms with Gasteiger partial charge >= 0.3 is 5.97 Å². The third kappa shape index (κ3) is 3.44. The SMILES string of the molecule is CN1C(=O)c2ccncc2C1(C(OC(=O)C(C)(C)C)c1ccccc1Br)n1nnc2ccccc21. The first-order chi connectivity index (χ1) is 16.7. The Hall–Kier alpha value is -3.59. The van der Waals surface area contributed by atoms with Crippen molar-refractivity contribution < 1.29 is 14.3 Å². The first-order valence-electron chi connectivity index (χ1n) is 11.2. The molecule has 2 aromatic heterocycles. The Morgan fingerprint density at radius 3 is 2.54 bits per heavy atom. The standard InChI is InChI=1S/C26H24BrN5O3/c1-25(2,3)24(34)35-22(17-9-5-6-10-19(17)27)26(32-21-12-8-7-11-20(21)29-30-32)18-15-28-14-13-16(18)23(33)31(26)4/h5-15,22H,1-4H3.